The van der Waals surface area contributed by atoms with Crippen molar-refractivity contribution in [2.75, 3.05) is 26.9 Å². The van der Waals surface area contributed by atoms with Crippen molar-refractivity contribution in [3.63, 3.8) is 0 Å². The van der Waals surface area contributed by atoms with Crippen molar-refractivity contribution in [1.29, 1.82) is 0 Å². The lowest BCUT2D eigenvalue weighted by atomic mass is 10.2. The molecule has 2 aromatic rings. The predicted octanol–water partition coefficient (Wildman–Crippen LogP) is 2.76. The second-order valence-corrected chi connectivity index (χ2v) is 7.24. The molecule has 0 heterocycles. The predicted molar refractivity (Wildman–Crippen MR) is 104 cm³/mol. The second-order valence-electron chi connectivity index (χ2n) is 5.48. The van der Waals surface area contributed by atoms with Crippen LogP contribution in [0.1, 0.15) is 12.5 Å². The minimum atomic E-state index is -3.63. The van der Waals surface area contributed by atoms with Crippen LogP contribution in [0.5, 0.6) is 17.2 Å². The van der Waals surface area contributed by atoms with Crippen molar-refractivity contribution in [2.45, 2.75) is 18.7 Å². The van der Waals surface area contributed by atoms with Crippen LogP contribution in [0.15, 0.2) is 47.4 Å². The van der Waals surface area contributed by atoms with Gasteiger partial charge in [0, 0.05) is 0 Å². The first-order valence-corrected chi connectivity index (χ1v) is 9.91. The zero-order chi connectivity index (χ0) is 19.7. The highest BCUT2D eigenvalue weighted by Crippen LogP contribution is 2.25. The van der Waals surface area contributed by atoms with E-state index in [0.717, 1.165) is 5.56 Å². The number of methoxy groups -OCH3 is 1. The standard InChI is InChI=1S/C20H23NO5S/c1-4-25-18-12-11-17(15-16(18)2)27(22,23)21-13-7-8-14-26-20-10-6-5-9-19(20)24-3/h5-6,9-12,15,21H,4,13-14H2,1-3H3. The number of hydrogen-bond acceptors (Lipinski definition) is 5. The average Bonchev–Trinajstić information content (AvgIpc) is 2.66. The minimum Gasteiger partial charge on any atom is -0.494 e. The van der Waals surface area contributed by atoms with Gasteiger partial charge in [0.2, 0.25) is 10.0 Å². The van der Waals surface area contributed by atoms with Crippen LogP contribution in [0.4, 0.5) is 0 Å². The molecule has 144 valence electrons. The molecule has 0 aliphatic rings. The van der Waals surface area contributed by atoms with Crippen LogP contribution in [0.2, 0.25) is 0 Å². The molecule has 27 heavy (non-hydrogen) atoms. The van der Waals surface area contributed by atoms with E-state index in [0.29, 0.717) is 23.9 Å². The summed E-state index contributed by atoms with van der Waals surface area (Å²) in [4.78, 5) is 0.176. The molecule has 0 fully saturated rings. The van der Waals surface area contributed by atoms with Crippen LogP contribution in [0, 0.1) is 18.8 Å². The third kappa shape index (κ3) is 5.91. The smallest absolute Gasteiger partial charge is 0.241 e. The highest BCUT2D eigenvalue weighted by molar-refractivity contribution is 7.89. The van der Waals surface area contributed by atoms with Crippen LogP contribution in [-0.2, 0) is 10.0 Å². The molecule has 0 spiro atoms. The molecule has 0 aliphatic heterocycles. The molecule has 7 heteroatoms. The Morgan fingerprint density at radius 2 is 1.74 bits per heavy atom. The van der Waals surface area contributed by atoms with Crippen LogP contribution in [0.25, 0.3) is 0 Å². The van der Waals surface area contributed by atoms with Gasteiger partial charge in [-0.15, -0.1) is 0 Å². The lowest BCUT2D eigenvalue weighted by Crippen LogP contribution is -2.24. The van der Waals surface area contributed by atoms with Crippen molar-refractivity contribution in [1.82, 2.24) is 4.72 Å². The van der Waals surface area contributed by atoms with E-state index >= 15 is 0 Å². The van der Waals surface area contributed by atoms with E-state index in [1.165, 1.54) is 6.07 Å². The Bertz CT molecular complexity index is 929. The van der Waals surface area contributed by atoms with E-state index in [-0.39, 0.29) is 18.0 Å². The third-order valence-electron chi connectivity index (χ3n) is 3.60. The number of sulfonamides is 1. The highest BCUT2D eigenvalue weighted by Gasteiger charge is 2.14. The summed E-state index contributed by atoms with van der Waals surface area (Å²) in [6.07, 6.45) is 0. The van der Waals surface area contributed by atoms with E-state index in [4.69, 9.17) is 14.2 Å². The van der Waals surface area contributed by atoms with Gasteiger partial charge in [0.1, 0.15) is 12.4 Å². The molecular formula is C20H23NO5S. The Balaban J connectivity index is 1.89. The normalized spacial score (nSPS) is 10.6. The molecule has 0 saturated carbocycles. The van der Waals surface area contributed by atoms with Gasteiger partial charge in [-0.3, -0.25) is 0 Å². The summed E-state index contributed by atoms with van der Waals surface area (Å²) in [5.41, 5.74) is 0.760. The van der Waals surface area contributed by atoms with Crippen LogP contribution in [0.3, 0.4) is 0 Å². The zero-order valence-corrected chi connectivity index (χ0v) is 16.4. The Morgan fingerprint density at radius 1 is 1.00 bits per heavy atom. The number of benzene rings is 2. The molecule has 0 unspecified atom stereocenters. The number of aryl methyl sites for hydroxylation is 1. The Kier molecular flexibility index (Phi) is 7.53. The van der Waals surface area contributed by atoms with Crippen molar-refractivity contribution >= 4 is 10.0 Å². The third-order valence-corrected chi connectivity index (χ3v) is 5.00. The van der Waals surface area contributed by atoms with Gasteiger partial charge in [0.25, 0.3) is 0 Å². The van der Waals surface area contributed by atoms with E-state index in [1.54, 1.807) is 38.3 Å². The molecule has 0 bridgehead atoms. The number of ether oxygens (including phenoxy) is 3. The molecule has 0 atom stereocenters. The maximum Gasteiger partial charge on any atom is 0.241 e. The first kappa shape index (κ1) is 20.6. The Hall–Kier alpha value is -2.69. The van der Waals surface area contributed by atoms with Crippen LogP contribution >= 0.6 is 0 Å². The quantitative estimate of drug-likeness (QED) is 0.703. The van der Waals surface area contributed by atoms with E-state index in [2.05, 4.69) is 16.6 Å². The fourth-order valence-corrected chi connectivity index (χ4v) is 3.29. The summed E-state index contributed by atoms with van der Waals surface area (Å²) >= 11 is 0. The molecule has 0 aromatic heterocycles. The summed E-state index contributed by atoms with van der Waals surface area (Å²) in [6.45, 7) is 4.33. The first-order chi connectivity index (χ1) is 13.0. The highest BCUT2D eigenvalue weighted by atomic mass is 32.2. The van der Waals surface area contributed by atoms with Gasteiger partial charge in [-0.05, 0) is 49.7 Å². The topological polar surface area (TPSA) is 73.9 Å². The molecular weight excluding hydrogens is 366 g/mol. The molecule has 2 aromatic carbocycles. The minimum absolute atomic E-state index is 0.0100. The average molecular weight is 389 g/mol. The lowest BCUT2D eigenvalue weighted by Gasteiger charge is -2.09. The van der Waals surface area contributed by atoms with E-state index in [1.807, 2.05) is 19.1 Å². The maximum absolute atomic E-state index is 12.3. The number of para-hydroxylation sites is 2. The van der Waals surface area contributed by atoms with Crippen molar-refractivity contribution in [3.8, 4) is 29.1 Å². The van der Waals surface area contributed by atoms with Gasteiger partial charge in [0.05, 0.1) is 25.2 Å². The Labute approximate surface area is 160 Å². The molecule has 0 amide bonds. The number of rotatable bonds is 8. The summed E-state index contributed by atoms with van der Waals surface area (Å²) in [5.74, 6) is 7.38. The van der Waals surface area contributed by atoms with Crippen molar-refractivity contribution < 1.29 is 22.6 Å². The summed E-state index contributed by atoms with van der Waals surface area (Å²) < 4.78 is 43.2. The maximum atomic E-state index is 12.3. The fourth-order valence-electron chi connectivity index (χ4n) is 2.29. The summed E-state index contributed by atoms with van der Waals surface area (Å²) in [5, 5.41) is 0. The van der Waals surface area contributed by atoms with Gasteiger partial charge in [-0.1, -0.05) is 24.0 Å². The molecule has 0 aliphatic carbocycles. The molecule has 6 nitrogen and oxygen atoms in total. The van der Waals surface area contributed by atoms with Crippen molar-refractivity contribution in [2.24, 2.45) is 0 Å². The van der Waals surface area contributed by atoms with Crippen LogP contribution in [-0.4, -0.2) is 35.3 Å². The summed E-state index contributed by atoms with van der Waals surface area (Å²) in [6, 6.07) is 12.0. The summed E-state index contributed by atoms with van der Waals surface area (Å²) in [7, 11) is -2.07. The van der Waals surface area contributed by atoms with Crippen molar-refractivity contribution in [3.05, 3.63) is 48.0 Å². The monoisotopic (exact) mass is 389 g/mol. The fraction of sp³-hybridized carbons (Fsp3) is 0.300. The van der Waals surface area contributed by atoms with Gasteiger partial charge in [-0.2, -0.15) is 4.72 Å². The van der Waals surface area contributed by atoms with Crippen LogP contribution < -0.4 is 18.9 Å². The lowest BCUT2D eigenvalue weighted by molar-refractivity contribution is 0.331. The number of nitrogens with one attached hydrogen (secondary N) is 1. The molecule has 1 N–H and O–H groups in total. The van der Waals surface area contributed by atoms with Gasteiger partial charge in [0.15, 0.2) is 11.5 Å². The van der Waals surface area contributed by atoms with Gasteiger partial charge in [-0.25, -0.2) is 8.42 Å². The Morgan fingerprint density at radius 3 is 2.41 bits per heavy atom. The molecule has 0 radical (unpaired) electrons. The SMILES string of the molecule is CCOc1ccc(S(=O)(=O)NCC#CCOc2ccccc2OC)cc1C. The number of hydrogen-bond donors (Lipinski definition) is 1. The van der Waals surface area contributed by atoms with Gasteiger partial charge >= 0.3 is 0 Å². The van der Waals surface area contributed by atoms with Gasteiger partial charge < -0.3 is 14.2 Å². The molecule has 0 saturated heterocycles. The van der Waals surface area contributed by atoms with E-state index in [9.17, 15) is 8.42 Å². The zero-order valence-electron chi connectivity index (χ0n) is 15.6. The largest absolute Gasteiger partial charge is 0.494 e. The first-order valence-electron chi connectivity index (χ1n) is 8.42. The van der Waals surface area contributed by atoms with E-state index < -0.39 is 10.0 Å². The second kappa shape index (κ2) is 9.86. The molecule has 2 rings (SSSR count).